The minimum atomic E-state index is -1.82. The van der Waals surface area contributed by atoms with Gasteiger partial charge in [-0.3, -0.25) is 4.79 Å². The molecule has 0 fully saturated rings. The molecule has 0 aliphatic carbocycles. The van der Waals surface area contributed by atoms with Crippen LogP contribution in [-0.2, 0) is 14.4 Å². The number of benzene rings is 3. The number of methoxy groups -OCH3 is 1. The summed E-state index contributed by atoms with van der Waals surface area (Å²) in [7, 11) is 5.59. The van der Waals surface area contributed by atoms with Gasteiger partial charge in [0.15, 0.2) is 11.5 Å². The first kappa shape index (κ1) is 34.3. The normalized spacial score (nSPS) is 14.7. The highest BCUT2D eigenvalue weighted by atomic mass is 32.2. The molecule has 1 amide bonds. The van der Waals surface area contributed by atoms with Crippen molar-refractivity contribution < 1.29 is 48.3 Å². The van der Waals surface area contributed by atoms with Crippen molar-refractivity contribution in [1.82, 2.24) is 4.90 Å². The molecular weight excluding hydrogens is 616 g/mol. The van der Waals surface area contributed by atoms with Crippen molar-refractivity contribution in [3.05, 3.63) is 66.2 Å². The number of likely N-dealkylation sites (N-methyl/N-ethyl adjacent to an activating group) is 1. The van der Waals surface area contributed by atoms with Gasteiger partial charge in [-0.2, -0.15) is 0 Å². The Bertz CT molecular complexity index is 1510. The van der Waals surface area contributed by atoms with Gasteiger partial charge in [0.25, 0.3) is 0 Å². The summed E-state index contributed by atoms with van der Waals surface area (Å²) < 4.78 is 28.3. The molecule has 2 N–H and O–H groups in total. The second-order valence-electron chi connectivity index (χ2n) is 10.5. The van der Waals surface area contributed by atoms with E-state index < -0.39 is 17.2 Å². The predicted molar refractivity (Wildman–Crippen MR) is 172 cm³/mol. The Morgan fingerprint density at radius 3 is 2.37 bits per heavy atom. The quantitative estimate of drug-likeness (QED) is 0.190. The highest BCUT2D eigenvalue weighted by Gasteiger charge is 2.34. The van der Waals surface area contributed by atoms with E-state index in [0.717, 1.165) is 71.5 Å². The van der Waals surface area contributed by atoms with Crippen LogP contribution < -0.4 is 28.6 Å². The second-order valence-corrected chi connectivity index (χ2v) is 11.6. The van der Waals surface area contributed by atoms with Crippen molar-refractivity contribution in [3.8, 4) is 28.7 Å². The molecule has 1 unspecified atom stereocenters. The third kappa shape index (κ3) is 9.21. The highest BCUT2D eigenvalue weighted by Crippen LogP contribution is 2.48. The number of carbonyl (C=O) groups is 3. The summed E-state index contributed by atoms with van der Waals surface area (Å²) in [6.45, 7) is 3.41. The van der Waals surface area contributed by atoms with Crippen LogP contribution in [0.5, 0.6) is 28.7 Å². The molecule has 0 bridgehead atoms. The maximum absolute atomic E-state index is 13.3. The Morgan fingerprint density at radius 1 is 0.913 bits per heavy atom. The van der Waals surface area contributed by atoms with E-state index >= 15 is 0 Å². The second kappa shape index (κ2) is 16.6. The van der Waals surface area contributed by atoms with E-state index in [-0.39, 0.29) is 12.7 Å². The van der Waals surface area contributed by atoms with Crippen molar-refractivity contribution in [2.45, 2.75) is 29.4 Å². The fourth-order valence-corrected chi connectivity index (χ4v) is 6.07. The average Bonchev–Trinajstić information content (AvgIpc) is 3.53. The Balaban J connectivity index is 0.000000731. The van der Waals surface area contributed by atoms with Crippen LogP contribution in [0, 0.1) is 0 Å². The summed E-state index contributed by atoms with van der Waals surface area (Å²) in [4.78, 5) is 36.6. The number of unbranched alkanes of at least 4 members (excludes halogenated alkanes) is 1. The summed E-state index contributed by atoms with van der Waals surface area (Å²) >= 11 is 1.56. The Kier molecular flexibility index (Phi) is 12.4. The number of nitrogens with zero attached hydrogens (tertiary/aromatic N) is 2. The van der Waals surface area contributed by atoms with Gasteiger partial charge in [-0.25, -0.2) is 9.59 Å². The zero-order valence-electron chi connectivity index (χ0n) is 26.0. The molecule has 1 atom stereocenters. The van der Waals surface area contributed by atoms with Crippen LogP contribution in [0.4, 0.5) is 5.69 Å². The maximum atomic E-state index is 13.3. The minimum absolute atomic E-state index is 0.0333. The van der Waals surface area contributed by atoms with E-state index in [4.69, 9.17) is 43.5 Å². The van der Waals surface area contributed by atoms with E-state index in [1.54, 1.807) is 23.8 Å². The molecular formula is C33H38N2O10S. The number of rotatable bonds is 13. The molecule has 5 rings (SSSR count). The van der Waals surface area contributed by atoms with Crippen LogP contribution >= 0.6 is 11.8 Å². The minimum Gasteiger partial charge on any atom is -0.497 e. The van der Waals surface area contributed by atoms with Crippen LogP contribution in [0.15, 0.2) is 65.6 Å². The summed E-state index contributed by atoms with van der Waals surface area (Å²) in [5, 5.41) is 14.4. The molecule has 2 aliphatic heterocycles. The van der Waals surface area contributed by atoms with Crippen LogP contribution in [0.3, 0.4) is 0 Å². The molecule has 0 aromatic heterocycles. The van der Waals surface area contributed by atoms with E-state index in [9.17, 15) is 4.79 Å². The number of carboxylic acid groups (broad SMARTS) is 2. The lowest BCUT2D eigenvalue weighted by molar-refractivity contribution is -0.159. The first-order chi connectivity index (χ1) is 22.2. The lowest BCUT2D eigenvalue weighted by atomic mass is 10.1. The van der Waals surface area contributed by atoms with Crippen LogP contribution in [0.1, 0.15) is 30.1 Å². The third-order valence-corrected chi connectivity index (χ3v) is 8.49. The van der Waals surface area contributed by atoms with Gasteiger partial charge >= 0.3 is 11.9 Å². The number of carboxylic acids is 2. The number of carbonyl (C=O) groups excluding carboxylic acids is 1. The van der Waals surface area contributed by atoms with E-state index in [2.05, 4.69) is 18.0 Å². The zero-order valence-corrected chi connectivity index (χ0v) is 26.8. The van der Waals surface area contributed by atoms with Crippen molar-refractivity contribution in [3.63, 3.8) is 0 Å². The van der Waals surface area contributed by atoms with Gasteiger partial charge in [0.2, 0.25) is 12.7 Å². The molecule has 2 aliphatic rings. The van der Waals surface area contributed by atoms with Crippen molar-refractivity contribution in [1.29, 1.82) is 0 Å². The SMILES string of the molecule is COc1ccc(OCCCCN(C)CCCOc2ccc3c(c2)OCO3)c(C2Sc3ccccc3N(C)C2=O)c1.O=C(O)C(=O)O. The molecule has 46 heavy (non-hydrogen) atoms. The van der Waals surface area contributed by atoms with E-state index in [1.807, 2.05) is 61.6 Å². The number of hydrogen-bond donors (Lipinski definition) is 2. The number of hydrogen-bond acceptors (Lipinski definition) is 10. The van der Waals surface area contributed by atoms with Gasteiger partial charge < -0.3 is 43.7 Å². The third-order valence-electron chi connectivity index (χ3n) is 7.20. The molecule has 0 spiro atoms. The van der Waals surface area contributed by atoms with Crippen LogP contribution in [-0.4, -0.2) is 87.3 Å². The smallest absolute Gasteiger partial charge is 0.414 e. The Hall–Kier alpha value is -4.62. The highest BCUT2D eigenvalue weighted by molar-refractivity contribution is 8.00. The fraction of sp³-hybridized carbons (Fsp3) is 0.364. The Morgan fingerprint density at radius 2 is 1.61 bits per heavy atom. The number of fused-ring (bicyclic) bond motifs is 2. The fourth-order valence-electron chi connectivity index (χ4n) is 4.76. The van der Waals surface area contributed by atoms with Gasteiger partial charge in [0.05, 0.1) is 26.0 Å². The van der Waals surface area contributed by atoms with Gasteiger partial charge in [0.1, 0.15) is 22.5 Å². The van der Waals surface area contributed by atoms with Gasteiger partial charge in [-0.1, -0.05) is 12.1 Å². The number of anilines is 1. The van der Waals surface area contributed by atoms with Crippen molar-refractivity contribution >= 4 is 35.3 Å². The van der Waals surface area contributed by atoms with E-state index in [1.165, 1.54) is 0 Å². The van der Waals surface area contributed by atoms with Crippen LogP contribution in [0.2, 0.25) is 0 Å². The number of para-hydroxylation sites is 1. The number of amides is 1. The molecule has 2 heterocycles. The molecule has 0 saturated heterocycles. The summed E-state index contributed by atoms with van der Waals surface area (Å²) in [5.74, 6) is 0.122. The largest absolute Gasteiger partial charge is 0.497 e. The number of ether oxygens (including phenoxy) is 5. The molecule has 0 radical (unpaired) electrons. The molecule has 0 saturated carbocycles. The predicted octanol–water partition coefficient (Wildman–Crippen LogP) is 4.95. The number of aliphatic carboxylic acids is 2. The molecule has 246 valence electrons. The van der Waals surface area contributed by atoms with Gasteiger partial charge in [-0.15, -0.1) is 11.8 Å². The van der Waals surface area contributed by atoms with Crippen molar-refractivity contribution in [2.75, 3.05) is 59.2 Å². The van der Waals surface area contributed by atoms with Crippen LogP contribution in [0.25, 0.3) is 0 Å². The summed E-state index contributed by atoms with van der Waals surface area (Å²) in [5.41, 5.74) is 1.78. The number of thioether (sulfide) groups is 1. The van der Waals surface area contributed by atoms with Gasteiger partial charge in [-0.05, 0) is 75.3 Å². The average molecular weight is 655 g/mol. The van der Waals surface area contributed by atoms with Crippen molar-refractivity contribution in [2.24, 2.45) is 0 Å². The lowest BCUT2D eigenvalue weighted by Gasteiger charge is -2.32. The monoisotopic (exact) mass is 654 g/mol. The molecule has 3 aromatic rings. The first-order valence-electron chi connectivity index (χ1n) is 14.7. The summed E-state index contributed by atoms with van der Waals surface area (Å²) in [6.07, 6.45) is 2.86. The Labute approximate surface area is 271 Å². The first-order valence-corrected chi connectivity index (χ1v) is 15.6. The summed E-state index contributed by atoms with van der Waals surface area (Å²) in [6, 6.07) is 19.4. The topological polar surface area (TPSA) is 144 Å². The van der Waals surface area contributed by atoms with Gasteiger partial charge in [0, 0.05) is 30.1 Å². The van der Waals surface area contributed by atoms with E-state index in [0.29, 0.717) is 19.0 Å². The molecule has 13 heteroatoms. The molecule has 3 aromatic carbocycles. The maximum Gasteiger partial charge on any atom is 0.414 e. The zero-order chi connectivity index (χ0) is 33.1. The lowest BCUT2D eigenvalue weighted by Crippen LogP contribution is -2.33. The molecule has 12 nitrogen and oxygen atoms in total. The standard InChI is InChI=1S/C31H36N2O6S.C2H2O4/c1-32(16-8-18-36-23-12-14-27-28(20-23)39-21-38-27)15-6-7-17-37-26-13-11-22(35-3)19-24(26)30-31(34)33(2)25-9-4-5-10-29(25)40-30;3-1(4)2(5)6/h4-5,9-14,19-20,30H,6-8,15-18,21H2,1-3H3;(H,3,4)(H,5,6).